The first-order valence-electron chi connectivity index (χ1n) is 8.71. The molecule has 0 atom stereocenters. The molecule has 1 aromatic heterocycles. The summed E-state index contributed by atoms with van der Waals surface area (Å²) in [5.74, 6) is 0. The molecule has 4 heteroatoms. The Morgan fingerprint density at radius 3 is 2.20 bits per heavy atom. The van der Waals surface area contributed by atoms with Crippen LogP contribution in [0.2, 0.25) is 0 Å². The molecule has 126 valence electrons. The second-order valence-corrected chi connectivity index (χ2v) is 6.58. The van der Waals surface area contributed by atoms with Crippen molar-refractivity contribution in [2.24, 2.45) is 0 Å². The summed E-state index contributed by atoms with van der Waals surface area (Å²) in [5, 5.41) is 8.64. The van der Waals surface area contributed by atoms with Crippen molar-refractivity contribution in [3.63, 3.8) is 0 Å². The number of nitrogens with one attached hydrogen (secondary N) is 1. The lowest BCUT2D eigenvalue weighted by Crippen LogP contribution is -2.37. The van der Waals surface area contributed by atoms with Gasteiger partial charge in [-0.25, -0.2) is 4.98 Å². The molecule has 4 rings (SSSR count). The predicted molar refractivity (Wildman–Crippen MR) is 97.9 cm³/mol. The Morgan fingerprint density at radius 1 is 0.880 bits per heavy atom. The fraction of sp³-hybridized carbons (Fsp3) is 0.238. The Bertz CT molecular complexity index is 900. The quantitative estimate of drug-likeness (QED) is 0.799. The van der Waals surface area contributed by atoms with E-state index in [-0.39, 0.29) is 0 Å². The third-order valence-electron chi connectivity index (χ3n) is 4.77. The van der Waals surface area contributed by atoms with Crippen LogP contribution in [0, 0.1) is 5.41 Å². The Balaban J connectivity index is 1.56. The van der Waals surface area contributed by atoms with E-state index in [1.807, 2.05) is 35.2 Å². The van der Waals surface area contributed by atoms with Gasteiger partial charge in [0.25, 0.3) is 0 Å². The molecule has 0 fully saturated rings. The minimum Gasteiger partial charge on any atom is -0.313 e. The summed E-state index contributed by atoms with van der Waals surface area (Å²) in [6.07, 6.45) is 2.74. The summed E-state index contributed by atoms with van der Waals surface area (Å²) in [6.45, 7) is 3.41. The minimum absolute atomic E-state index is 0.589. The van der Waals surface area contributed by atoms with Crippen molar-refractivity contribution < 1.29 is 0 Å². The largest absolute Gasteiger partial charge is 0.313 e. The van der Waals surface area contributed by atoms with Crippen LogP contribution in [0.4, 0.5) is 0 Å². The fourth-order valence-electron chi connectivity index (χ4n) is 3.41. The van der Waals surface area contributed by atoms with Gasteiger partial charge >= 0.3 is 0 Å². The molecule has 0 aliphatic carbocycles. The van der Waals surface area contributed by atoms with E-state index in [9.17, 15) is 0 Å². The van der Waals surface area contributed by atoms with E-state index < -0.39 is 0 Å². The molecule has 2 heterocycles. The van der Waals surface area contributed by atoms with Crippen LogP contribution in [0.5, 0.6) is 0 Å². The highest BCUT2D eigenvalue weighted by atomic mass is 15.1. The number of fused-ring (bicyclic) bond motifs is 1. The van der Waals surface area contributed by atoms with Gasteiger partial charge in [-0.3, -0.25) is 10.3 Å². The van der Waals surface area contributed by atoms with Gasteiger partial charge in [0.2, 0.25) is 0 Å². The molecule has 4 nitrogen and oxygen atoms in total. The first-order valence-corrected chi connectivity index (χ1v) is 8.71. The predicted octanol–water partition coefficient (Wildman–Crippen LogP) is 2.97. The minimum atomic E-state index is 0.589. The average Bonchev–Trinajstić information content (AvgIpc) is 2.66. The summed E-state index contributed by atoms with van der Waals surface area (Å²) in [4.78, 5) is 7.04. The van der Waals surface area contributed by atoms with Gasteiger partial charge in [0.15, 0.2) is 0 Å². The SMILES string of the molecule is N=c1c2c(ncn1Cc1ccccc1)CCN(Cc1ccccc1)C2. The van der Waals surface area contributed by atoms with E-state index in [1.54, 1.807) is 0 Å². The molecule has 0 bridgehead atoms. The zero-order chi connectivity index (χ0) is 17.1. The van der Waals surface area contributed by atoms with Crippen molar-refractivity contribution in [3.05, 3.63) is 94.9 Å². The molecule has 0 radical (unpaired) electrons. The van der Waals surface area contributed by atoms with Crippen molar-refractivity contribution in [1.82, 2.24) is 14.5 Å². The van der Waals surface area contributed by atoms with Crippen LogP contribution in [0.3, 0.4) is 0 Å². The second-order valence-electron chi connectivity index (χ2n) is 6.58. The number of hydrogen-bond donors (Lipinski definition) is 1. The average molecular weight is 330 g/mol. The summed E-state index contributed by atoms with van der Waals surface area (Å²) < 4.78 is 1.94. The van der Waals surface area contributed by atoms with Gasteiger partial charge in [-0.1, -0.05) is 60.7 Å². The summed E-state index contributed by atoms with van der Waals surface area (Å²) >= 11 is 0. The Kier molecular flexibility index (Phi) is 4.44. The van der Waals surface area contributed by atoms with Gasteiger partial charge in [-0.05, 0) is 11.1 Å². The monoisotopic (exact) mass is 330 g/mol. The molecule has 0 saturated heterocycles. The number of benzene rings is 2. The smallest absolute Gasteiger partial charge is 0.132 e. The summed E-state index contributed by atoms with van der Waals surface area (Å²) in [5.41, 5.74) is 5.25. The summed E-state index contributed by atoms with van der Waals surface area (Å²) in [6, 6.07) is 20.8. The summed E-state index contributed by atoms with van der Waals surface area (Å²) in [7, 11) is 0. The molecule has 2 aromatic carbocycles. The van der Waals surface area contributed by atoms with Crippen LogP contribution in [0.25, 0.3) is 0 Å². The van der Waals surface area contributed by atoms with Crippen molar-refractivity contribution in [2.45, 2.75) is 26.1 Å². The number of rotatable bonds is 4. The highest BCUT2D eigenvalue weighted by Crippen LogP contribution is 2.16. The molecule has 25 heavy (non-hydrogen) atoms. The maximum atomic E-state index is 8.64. The molecule has 1 aliphatic heterocycles. The van der Waals surface area contributed by atoms with Gasteiger partial charge in [0, 0.05) is 31.6 Å². The molecule has 0 unspecified atom stereocenters. The van der Waals surface area contributed by atoms with Crippen LogP contribution >= 0.6 is 0 Å². The van der Waals surface area contributed by atoms with Crippen LogP contribution in [0.15, 0.2) is 67.0 Å². The standard InChI is InChI=1S/C21H22N4/c22-21-19-15-24(13-17-7-3-1-4-8-17)12-11-20(19)23-16-25(21)14-18-9-5-2-6-10-18/h1-10,16,22H,11-15H2. The lowest BCUT2D eigenvalue weighted by atomic mass is 10.1. The molecule has 1 N–H and O–H groups in total. The van der Waals surface area contributed by atoms with Crippen molar-refractivity contribution in [3.8, 4) is 0 Å². The van der Waals surface area contributed by atoms with Crippen LogP contribution < -0.4 is 5.49 Å². The van der Waals surface area contributed by atoms with Gasteiger partial charge in [-0.2, -0.15) is 0 Å². The fourth-order valence-corrected chi connectivity index (χ4v) is 3.41. The zero-order valence-corrected chi connectivity index (χ0v) is 14.2. The van der Waals surface area contributed by atoms with Gasteiger partial charge in [0.05, 0.1) is 18.6 Å². The lowest BCUT2D eigenvalue weighted by Gasteiger charge is -2.28. The zero-order valence-electron chi connectivity index (χ0n) is 14.2. The molecule has 3 aromatic rings. The second kappa shape index (κ2) is 7.03. The molecular formula is C21H22N4. The Morgan fingerprint density at radius 2 is 1.52 bits per heavy atom. The topological polar surface area (TPSA) is 44.9 Å². The van der Waals surface area contributed by atoms with E-state index in [1.165, 1.54) is 11.1 Å². The van der Waals surface area contributed by atoms with E-state index >= 15 is 0 Å². The normalized spacial score (nSPS) is 14.2. The molecule has 1 aliphatic rings. The molecule has 0 spiro atoms. The third-order valence-corrected chi connectivity index (χ3v) is 4.77. The van der Waals surface area contributed by atoms with Gasteiger partial charge < -0.3 is 4.57 Å². The van der Waals surface area contributed by atoms with Crippen LogP contribution in [-0.4, -0.2) is 21.0 Å². The van der Waals surface area contributed by atoms with Crippen LogP contribution in [0.1, 0.15) is 22.4 Å². The van der Waals surface area contributed by atoms with Crippen molar-refractivity contribution in [2.75, 3.05) is 6.54 Å². The van der Waals surface area contributed by atoms with Crippen molar-refractivity contribution >= 4 is 0 Å². The highest BCUT2D eigenvalue weighted by molar-refractivity contribution is 5.22. The van der Waals surface area contributed by atoms with E-state index in [0.717, 1.165) is 37.3 Å². The van der Waals surface area contributed by atoms with E-state index in [2.05, 4.69) is 46.3 Å². The van der Waals surface area contributed by atoms with Gasteiger partial charge in [0.1, 0.15) is 5.49 Å². The first-order chi connectivity index (χ1) is 12.3. The van der Waals surface area contributed by atoms with Crippen molar-refractivity contribution in [1.29, 1.82) is 5.41 Å². The number of hydrogen-bond acceptors (Lipinski definition) is 3. The molecule has 0 saturated carbocycles. The Labute approximate surface area is 147 Å². The number of aromatic nitrogens is 2. The highest BCUT2D eigenvalue weighted by Gasteiger charge is 2.19. The van der Waals surface area contributed by atoms with Crippen LogP contribution in [-0.2, 0) is 26.1 Å². The lowest BCUT2D eigenvalue weighted by molar-refractivity contribution is 0.240. The third kappa shape index (κ3) is 3.54. The molecular weight excluding hydrogens is 308 g/mol. The Hall–Kier alpha value is -2.72. The number of nitrogens with zero attached hydrogens (tertiary/aromatic N) is 3. The maximum absolute atomic E-state index is 8.64. The molecule has 0 amide bonds. The maximum Gasteiger partial charge on any atom is 0.132 e. The first kappa shape index (κ1) is 15.8. The van der Waals surface area contributed by atoms with Gasteiger partial charge in [-0.15, -0.1) is 0 Å². The van der Waals surface area contributed by atoms with E-state index in [0.29, 0.717) is 12.0 Å². The van der Waals surface area contributed by atoms with E-state index in [4.69, 9.17) is 5.41 Å².